The van der Waals surface area contributed by atoms with E-state index in [1.807, 2.05) is 18.7 Å². The molecule has 1 heterocycles. The van der Waals surface area contributed by atoms with Gasteiger partial charge in [0.05, 0.1) is 6.33 Å². The Kier molecular flexibility index (Phi) is 2.16. The molecular weight excluding hydrogens is 220 g/mol. The minimum absolute atomic E-state index is 0.764. The Hall–Kier alpha value is -1.83. The molecule has 2 heteroatoms. The number of aromatic nitrogens is 2. The average molecular weight is 236 g/mol. The molecule has 2 aromatic rings. The molecule has 90 valence electrons. The van der Waals surface area contributed by atoms with Crippen LogP contribution < -0.4 is 0 Å². The Morgan fingerprint density at radius 2 is 2.33 bits per heavy atom. The zero-order valence-corrected chi connectivity index (χ0v) is 10.3. The lowest BCUT2D eigenvalue weighted by molar-refractivity contribution is 0.628. The zero-order valence-electron chi connectivity index (χ0n) is 10.3. The largest absolute Gasteiger partial charge is 0.333 e. The van der Waals surface area contributed by atoms with Gasteiger partial charge in [0.2, 0.25) is 0 Å². The molecule has 0 radical (unpaired) electrons. The summed E-state index contributed by atoms with van der Waals surface area (Å²) in [5, 5.41) is 0. The molecule has 0 bridgehead atoms. The van der Waals surface area contributed by atoms with Gasteiger partial charge in [0, 0.05) is 18.9 Å². The monoisotopic (exact) mass is 236 g/mol. The Morgan fingerprint density at radius 3 is 3.22 bits per heavy atom. The number of imidazole rings is 1. The van der Waals surface area contributed by atoms with Gasteiger partial charge in [-0.2, -0.15) is 0 Å². The predicted octanol–water partition coefficient (Wildman–Crippen LogP) is 3.40. The highest BCUT2D eigenvalue weighted by Crippen LogP contribution is 2.43. The van der Waals surface area contributed by atoms with Crippen LogP contribution in [0.25, 0.3) is 6.08 Å². The van der Waals surface area contributed by atoms with Gasteiger partial charge >= 0.3 is 0 Å². The molecular formula is C16H16N2. The van der Waals surface area contributed by atoms with Crippen molar-refractivity contribution in [1.82, 2.24) is 9.55 Å². The van der Waals surface area contributed by atoms with Gasteiger partial charge in [-0.25, -0.2) is 4.98 Å². The topological polar surface area (TPSA) is 17.8 Å². The summed E-state index contributed by atoms with van der Waals surface area (Å²) < 4.78 is 2.16. The van der Waals surface area contributed by atoms with Crippen molar-refractivity contribution in [2.45, 2.75) is 31.7 Å². The van der Waals surface area contributed by atoms with Crippen LogP contribution in [0.4, 0.5) is 0 Å². The SMILES string of the molecule is C1=C(Cn2ccnc2)CC2CCc3cccc1c32. The van der Waals surface area contributed by atoms with E-state index < -0.39 is 0 Å². The van der Waals surface area contributed by atoms with E-state index in [9.17, 15) is 0 Å². The first-order valence-electron chi connectivity index (χ1n) is 6.67. The zero-order chi connectivity index (χ0) is 11.9. The van der Waals surface area contributed by atoms with Gasteiger partial charge in [0.25, 0.3) is 0 Å². The molecule has 2 aliphatic carbocycles. The molecule has 0 amide bonds. The van der Waals surface area contributed by atoms with Gasteiger partial charge in [-0.1, -0.05) is 24.3 Å². The van der Waals surface area contributed by atoms with E-state index in [2.05, 4.69) is 33.8 Å². The molecule has 1 unspecified atom stereocenters. The molecule has 0 aliphatic heterocycles. The van der Waals surface area contributed by atoms with Gasteiger partial charge in [-0.15, -0.1) is 0 Å². The van der Waals surface area contributed by atoms with Crippen molar-refractivity contribution in [3.63, 3.8) is 0 Å². The molecule has 0 saturated carbocycles. The van der Waals surface area contributed by atoms with Crippen molar-refractivity contribution in [2.75, 3.05) is 0 Å². The Balaban J connectivity index is 1.72. The summed E-state index contributed by atoms with van der Waals surface area (Å²) in [5.74, 6) is 0.764. The molecule has 18 heavy (non-hydrogen) atoms. The highest BCUT2D eigenvalue weighted by Gasteiger charge is 2.28. The summed E-state index contributed by atoms with van der Waals surface area (Å²) in [6.07, 6.45) is 12.0. The van der Waals surface area contributed by atoms with Gasteiger partial charge in [-0.3, -0.25) is 0 Å². The highest BCUT2D eigenvalue weighted by atomic mass is 15.0. The third-order valence-electron chi connectivity index (χ3n) is 4.21. The van der Waals surface area contributed by atoms with Gasteiger partial charge in [0.15, 0.2) is 0 Å². The second kappa shape index (κ2) is 3.84. The van der Waals surface area contributed by atoms with Gasteiger partial charge in [-0.05, 0) is 47.4 Å². The van der Waals surface area contributed by atoms with E-state index in [0.29, 0.717) is 0 Å². The Morgan fingerprint density at radius 1 is 1.33 bits per heavy atom. The van der Waals surface area contributed by atoms with Crippen molar-refractivity contribution < 1.29 is 0 Å². The lowest BCUT2D eigenvalue weighted by Crippen LogP contribution is -2.08. The van der Waals surface area contributed by atoms with Crippen LogP contribution >= 0.6 is 0 Å². The first-order chi connectivity index (χ1) is 8.90. The maximum absolute atomic E-state index is 4.12. The molecule has 2 nitrogen and oxygen atoms in total. The molecule has 1 aromatic carbocycles. The molecule has 0 spiro atoms. The van der Waals surface area contributed by atoms with Crippen LogP contribution in [0.3, 0.4) is 0 Å². The lowest BCUT2D eigenvalue weighted by atomic mass is 9.84. The number of aryl methyl sites for hydroxylation is 1. The summed E-state index contributed by atoms with van der Waals surface area (Å²) >= 11 is 0. The van der Waals surface area contributed by atoms with Crippen molar-refractivity contribution in [3.8, 4) is 0 Å². The normalized spacial score (nSPS) is 20.7. The average Bonchev–Trinajstić information content (AvgIpc) is 3.01. The second-order valence-electron chi connectivity index (χ2n) is 5.40. The number of nitrogens with zero attached hydrogens (tertiary/aromatic N) is 2. The Labute approximate surface area is 107 Å². The predicted molar refractivity (Wildman–Crippen MR) is 72.3 cm³/mol. The van der Waals surface area contributed by atoms with Crippen molar-refractivity contribution in [2.24, 2.45) is 0 Å². The van der Waals surface area contributed by atoms with E-state index in [0.717, 1.165) is 12.5 Å². The fourth-order valence-electron chi connectivity index (χ4n) is 3.47. The molecule has 4 rings (SSSR count). The fourth-order valence-corrected chi connectivity index (χ4v) is 3.47. The molecule has 1 atom stereocenters. The van der Waals surface area contributed by atoms with E-state index in [-0.39, 0.29) is 0 Å². The summed E-state index contributed by atoms with van der Waals surface area (Å²) in [6, 6.07) is 6.77. The number of rotatable bonds is 2. The second-order valence-corrected chi connectivity index (χ2v) is 5.40. The lowest BCUT2D eigenvalue weighted by Gasteiger charge is -2.22. The number of benzene rings is 1. The van der Waals surface area contributed by atoms with Crippen LogP contribution in [0.1, 0.15) is 35.4 Å². The van der Waals surface area contributed by atoms with Crippen LogP contribution in [0.15, 0.2) is 42.5 Å². The molecule has 1 aromatic heterocycles. The van der Waals surface area contributed by atoms with Crippen molar-refractivity contribution >= 4 is 6.08 Å². The Bertz CT molecular complexity index is 608. The van der Waals surface area contributed by atoms with E-state index in [1.165, 1.54) is 30.4 Å². The van der Waals surface area contributed by atoms with E-state index >= 15 is 0 Å². The molecule has 0 N–H and O–H groups in total. The first-order valence-corrected chi connectivity index (χ1v) is 6.67. The maximum Gasteiger partial charge on any atom is 0.0948 e. The third kappa shape index (κ3) is 1.52. The van der Waals surface area contributed by atoms with Gasteiger partial charge < -0.3 is 4.57 Å². The molecule has 0 saturated heterocycles. The summed E-state index contributed by atoms with van der Waals surface area (Å²) in [6.45, 7) is 0.986. The number of hydrogen-bond acceptors (Lipinski definition) is 1. The van der Waals surface area contributed by atoms with Crippen LogP contribution in [0.2, 0.25) is 0 Å². The summed E-state index contributed by atoms with van der Waals surface area (Å²) in [4.78, 5) is 4.12. The summed E-state index contributed by atoms with van der Waals surface area (Å²) in [5.41, 5.74) is 6.20. The first kappa shape index (κ1) is 10.1. The quantitative estimate of drug-likeness (QED) is 0.781. The molecule has 2 aliphatic rings. The number of allylic oxidation sites excluding steroid dienone is 1. The number of hydrogen-bond donors (Lipinski definition) is 0. The fraction of sp³-hybridized carbons (Fsp3) is 0.312. The van der Waals surface area contributed by atoms with Gasteiger partial charge in [0.1, 0.15) is 0 Å². The van der Waals surface area contributed by atoms with Crippen LogP contribution in [0.5, 0.6) is 0 Å². The van der Waals surface area contributed by atoms with Crippen LogP contribution in [-0.4, -0.2) is 9.55 Å². The van der Waals surface area contributed by atoms with E-state index in [4.69, 9.17) is 0 Å². The summed E-state index contributed by atoms with van der Waals surface area (Å²) in [7, 11) is 0. The van der Waals surface area contributed by atoms with E-state index in [1.54, 1.807) is 11.1 Å². The minimum Gasteiger partial charge on any atom is -0.333 e. The standard InChI is InChI=1S/C16H16N2/c1-2-13-4-5-15-9-12(8-14(3-1)16(13)15)10-18-7-6-17-11-18/h1-3,6-8,11,15H,4-5,9-10H2. The van der Waals surface area contributed by atoms with Crippen LogP contribution in [-0.2, 0) is 13.0 Å². The van der Waals surface area contributed by atoms with Crippen molar-refractivity contribution in [3.05, 3.63) is 59.2 Å². The maximum atomic E-state index is 4.12. The third-order valence-corrected chi connectivity index (χ3v) is 4.21. The minimum atomic E-state index is 0.764. The van der Waals surface area contributed by atoms with Crippen molar-refractivity contribution in [1.29, 1.82) is 0 Å². The highest BCUT2D eigenvalue weighted by molar-refractivity contribution is 5.64. The van der Waals surface area contributed by atoms with Crippen LogP contribution in [0, 0.1) is 0 Å². The smallest absolute Gasteiger partial charge is 0.0948 e. The molecule has 0 fully saturated rings.